The van der Waals surface area contributed by atoms with Gasteiger partial charge < -0.3 is 11.3 Å². The van der Waals surface area contributed by atoms with Crippen LogP contribution >= 0.6 is 0 Å². The van der Waals surface area contributed by atoms with Gasteiger partial charge in [0.25, 0.3) is 0 Å². The smallest absolute Gasteiger partial charge is 1.00 e. The minimum Gasteiger partial charge on any atom is -1.00 e. The second-order valence-electron chi connectivity index (χ2n) is 9.48. The van der Waals surface area contributed by atoms with E-state index in [0.29, 0.717) is 22.4 Å². The van der Waals surface area contributed by atoms with Gasteiger partial charge in [-0.15, -0.1) is 0 Å². The number of carbonyl (C=O) groups is 1. The summed E-state index contributed by atoms with van der Waals surface area (Å²) in [6.45, 7) is 0. The number of rotatable bonds is 5. The number of aromatic amines is 1. The third-order valence-electron chi connectivity index (χ3n) is 7.60. The number of carbonyl (C=O) groups excluding carboxylic acids is 1. The monoisotopic (exact) mass is 462 g/mol. The van der Waals surface area contributed by atoms with Crippen LogP contribution in [0, 0.1) is 35.3 Å². The number of hydrogen-bond donors (Lipinski definition) is 1. The Morgan fingerprint density at radius 2 is 1.85 bits per heavy atom. The molecule has 0 aliphatic heterocycles. The van der Waals surface area contributed by atoms with Crippen LogP contribution in [0.4, 0.5) is 8.78 Å². The van der Waals surface area contributed by atoms with Crippen molar-refractivity contribution in [2.24, 2.45) is 23.7 Å². The molecule has 3 aromatic heterocycles. The van der Waals surface area contributed by atoms with Crippen LogP contribution in [0.2, 0.25) is 0 Å². The number of aromatic nitrogens is 5. The molecular weight excluding hydrogens is 439 g/mol. The summed E-state index contributed by atoms with van der Waals surface area (Å²) in [5.41, 5.74) is 1.29. The number of carboxylic acids is 1. The first-order valence-electron chi connectivity index (χ1n) is 11.3. The number of pyridine rings is 1. The fourth-order valence-electron chi connectivity index (χ4n) is 5.89. The molecule has 7 rings (SSSR count). The van der Waals surface area contributed by atoms with E-state index in [1.165, 1.54) is 6.07 Å². The Bertz CT molecular complexity index is 1230. The van der Waals surface area contributed by atoms with Gasteiger partial charge in [-0.05, 0) is 68.8 Å². The number of halogens is 2. The third kappa shape index (κ3) is 3.98. The van der Waals surface area contributed by atoms with Crippen LogP contribution in [0.5, 0.6) is 0 Å². The molecule has 1 N–H and O–H groups in total. The quantitative estimate of drug-likeness (QED) is 0.537. The number of carboxylic acid groups (broad SMARTS) is 1. The first kappa shape index (κ1) is 22.8. The molecule has 4 aliphatic rings. The first-order valence-corrected chi connectivity index (χ1v) is 11.3. The maximum absolute atomic E-state index is 15.5. The summed E-state index contributed by atoms with van der Waals surface area (Å²) >= 11 is 0. The van der Waals surface area contributed by atoms with Crippen molar-refractivity contribution in [1.29, 1.82) is 0 Å². The predicted molar refractivity (Wildman–Crippen MR) is 109 cm³/mol. The third-order valence-corrected chi connectivity index (χ3v) is 7.60. The molecular formula is C23H23F2N5NaO2-. The number of H-pyrrole nitrogens is 1. The molecule has 33 heavy (non-hydrogen) atoms. The largest absolute Gasteiger partial charge is 1.00 e. The normalized spacial score (nSPS) is 26.4. The molecule has 4 aliphatic carbocycles. The van der Waals surface area contributed by atoms with E-state index in [1.54, 1.807) is 0 Å². The summed E-state index contributed by atoms with van der Waals surface area (Å²) < 4.78 is 29.3. The molecule has 4 saturated carbocycles. The molecule has 0 spiro atoms. The van der Waals surface area contributed by atoms with Crippen LogP contribution < -0.4 is 34.7 Å². The standard InChI is InChI=1S/C23H23F2N5O2.Na.H/c24-13-7-15-20(29-30-21(15)26-9-13)22-27-16(18(25)19(28-22)12-5-6-12)8-14-10-1-3-11(4-2-10)17(14)23(31)32;;/h7,9-12,14,17H,1-6,8H2,(H,31,32)(H,26,29,30);;/q;+1;-1/p-1/t10?,11?,14-,17-;;/m0../s1. The van der Waals surface area contributed by atoms with E-state index in [4.69, 9.17) is 0 Å². The molecule has 3 aromatic rings. The minimum atomic E-state index is -1.04. The van der Waals surface area contributed by atoms with Crippen LogP contribution in [-0.2, 0) is 11.2 Å². The van der Waals surface area contributed by atoms with E-state index in [2.05, 4.69) is 25.1 Å². The topological polar surface area (TPSA) is 107 Å². The van der Waals surface area contributed by atoms with Crippen LogP contribution in [0.3, 0.4) is 0 Å². The summed E-state index contributed by atoms with van der Waals surface area (Å²) in [6, 6.07) is 1.30. The van der Waals surface area contributed by atoms with Gasteiger partial charge in [0.05, 0.1) is 23.0 Å². The SMILES string of the molecule is O=C([O-])[C@H]1C2CCC(CC2)[C@@H]1Cc1nc(-c2[nH]nc3ncc(F)cc23)nc(C2CC2)c1F.[H-].[Na+]. The fourth-order valence-corrected chi connectivity index (χ4v) is 5.89. The van der Waals surface area contributed by atoms with Crippen molar-refractivity contribution in [2.45, 2.75) is 50.9 Å². The molecule has 2 atom stereocenters. The van der Waals surface area contributed by atoms with Gasteiger partial charge in [-0.25, -0.2) is 23.7 Å². The summed E-state index contributed by atoms with van der Waals surface area (Å²) in [4.78, 5) is 24.9. The molecule has 0 radical (unpaired) electrons. The molecule has 3 heterocycles. The van der Waals surface area contributed by atoms with Gasteiger partial charge >= 0.3 is 29.6 Å². The van der Waals surface area contributed by atoms with Gasteiger partial charge in [0, 0.05) is 17.8 Å². The van der Waals surface area contributed by atoms with Crippen molar-refractivity contribution in [1.82, 2.24) is 25.1 Å². The van der Waals surface area contributed by atoms with Crippen molar-refractivity contribution >= 4 is 17.0 Å². The van der Waals surface area contributed by atoms with E-state index in [0.717, 1.165) is 44.7 Å². The Labute approximate surface area is 212 Å². The molecule has 0 amide bonds. The number of nitrogens with one attached hydrogen (secondary N) is 1. The van der Waals surface area contributed by atoms with Crippen molar-refractivity contribution in [3.63, 3.8) is 0 Å². The Hall–Kier alpha value is -1.97. The van der Waals surface area contributed by atoms with Crippen LogP contribution in [0.1, 0.15) is 57.3 Å². The van der Waals surface area contributed by atoms with Crippen molar-refractivity contribution in [3.8, 4) is 11.5 Å². The summed E-state index contributed by atoms with van der Waals surface area (Å²) in [5, 5.41) is 19.3. The zero-order chi connectivity index (χ0) is 22.0. The molecule has 0 unspecified atom stereocenters. The van der Waals surface area contributed by atoms with E-state index in [9.17, 15) is 14.3 Å². The Kier molecular flexibility index (Phi) is 5.99. The number of fused-ring (bicyclic) bond motifs is 4. The Balaban J connectivity index is 0.00000137. The Morgan fingerprint density at radius 3 is 2.55 bits per heavy atom. The number of aliphatic carboxylic acids is 1. The van der Waals surface area contributed by atoms with Crippen LogP contribution in [-0.4, -0.2) is 31.1 Å². The van der Waals surface area contributed by atoms with Gasteiger partial charge in [0.2, 0.25) is 0 Å². The van der Waals surface area contributed by atoms with Crippen molar-refractivity contribution in [2.75, 3.05) is 0 Å². The molecule has 4 fully saturated rings. The van der Waals surface area contributed by atoms with E-state index in [-0.39, 0.29) is 72.6 Å². The number of hydrogen-bond acceptors (Lipinski definition) is 6. The van der Waals surface area contributed by atoms with Gasteiger partial charge in [0.15, 0.2) is 17.3 Å². The van der Waals surface area contributed by atoms with Crippen LogP contribution in [0.25, 0.3) is 22.6 Å². The minimum absolute atomic E-state index is 0. The van der Waals surface area contributed by atoms with E-state index < -0.39 is 23.5 Å². The Morgan fingerprint density at radius 1 is 1.12 bits per heavy atom. The molecule has 0 aromatic carbocycles. The second kappa shape index (κ2) is 8.67. The van der Waals surface area contributed by atoms with Gasteiger partial charge in [-0.3, -0.25) is 5.10 Å². The molecule has 168 valence electrons. The summed E-state index contributed by atoms with van der Waals surface area (Å²) in [5.74, 6) is -2.18. The van der Waals surface area contributed by atoms with Crippen molar-refractivity contribution < 1.29 is 49.7 Å². The van der Waals surface area contributed by atoms with Crippen molar-refractivity contribution in [3.05, 3.63) is 35.3 Å². The molecule has 7 nitrogen and oxygen atoms in total. The maximum Gasteiger partial charge on any atom is 1.00 e. The van der Waals surface area contributed by atoms with Gasteiger partial charge in [0.1, 0.15) is 11.5 Å². The maximum atomic E-state index is 15.5. The zero-order valence-corrected chi connectivity index (χ0v) is 20.4. The van der Waals surface area contributed by atoms with E-state index >= 15 is 4.39 Å². The summed E-state index contributed by atoms with van der Waals surface area (Å²) in [6.07, 6.45) is 6.73. The second-order valence-corrected chi connectivity index (χ2v) is 9.48. The van der Waals surface area contributed by atoms with Gasteiger partial charge in [-0.2, -0.15) is 5.10 Å². The predicted octanol–water partition coefficient (Wildman–Crippen LogP) is 0.0318. The van der Waals surface area contributed by atoms with Crippen LogP contribution in [0.15, 0.2) is 12.3 Å². The first-order chi connectivity index (χ1) is 15.5. The summed E-state index contributed by atoms with van der Waals surface area (Å²) in [7, 11) is 0. The fraction of sp³-hybridized carbons (Fsp3) is 0.522. The molecule has 10 heteroatoms. The molecule has 2 bridgehead atoms. The average Bonchev–Trinajstić information content (AvgIpc) is 3.55. The number of nitrogens with zero attached hydrogens (tertiary/aromatic N) is 4. The van der Waals surface area contributed by atoms with E-state index in [1.807, 2.05) is 0 Å². The molecule has 0 saturated heterocycles. The van der Waals surface area contributed by atoms with Gasteiger partial charge in [-0.1, -0.05) is 0 Å². The zero-order valence-electron chi connectivity index (χ0n) is 19.4. The average molecular weight is 462 g/mol.